The van der Waals surface area contributed by atoms with Crippen molar-refractivity contribution in [1.82, 2.24) is 20.0 Å². The van der Waals surface area contributed by atoms with E-state index in [0.717, 1.165) is 51.8 Å². The van der Waals surface area contributed by atoms with Crippen LogP contribution in [0.15, 0.2) is 12.3 Å². The number of carbonyl (C=O) groups excluding carboxylic acids is 1. The van der Waals surface area contributed by atoms with Gasteiger partial charge in [-0.3, -0.25) is 4.68 Å². The molecule has 0 aromatic carbocycles. The summed E-state index contributed by atoms with van der Waals surface area (Å²) >= 11 is 2.49. The highest BCUT2D eigenvalue weighted by molar-refractivity contribution is 7.18. The van der Waals surface area contributed by atoms with Gasteiger partial charge in [-0.25, -0.2) is 0 Å². The van der Waals surface area contributed by atoms with Crippen LogP contribution >= 0.6 is 22.7 Å². The number of carboxylic acid groups (broad SMARTS) is 1. The first-order valence-corrected chi connectivity index (χ1v) is 10.0. The summed E-state index contributed by atoms with van der Waals surface area (Å²) in [4.78, 5) is 12.6. The Kier molecular flexibility index (Phi) is 4.83. The maximum absolute atomic E-state index is 12.6. The SMILES string of the molecule is O=C([O-])c1c(Nc2nnc(Cn3ccc(C(F)(F)F)n3)s2)sc2c1CCCC2. The number of aromatic carboxylic acids is 1. The van der Waals surface area contributed by atoms with Crippen LogP contribution in [0.1, 0.15) is 44.3 Å². The van der Waals surface area contributed by atoms with Gasteiger partial charge in [-0.1, -0.05) is 11.3 Å². The van der Waals surface area contributed by atoms with Crippen molar-refractivity contribution in [2.45, 2.75) is 38.4 Å². The number of thiophene rings is 1. The Morgan fingerprint density at radius 1 is 1.25 bits per heavy atom. The predicted octanol–water partition coefficient (Wildman–Crippen LogP) is 2.85. The van der Waals surface area contributed by atoms with E-state index in [1.807, 2.05) is 0 Å². The number of fused-ring (bicyclic) bond motifs is 1. The summed E-state index contributed by atoms with van der Waals surface area (Å²) in [5.74, 6) is -1.23. The Hall–Kier alpha value is -2.47. The van der Waals surface area contributed by atoms with Crippen LogP contribution in [0.25, 0.3) is 0 Å². The molecule has 0 fully saturated rings. The van der Waals surface area contributed by atoms with E-state index in [9.17, 15) is 23.1 Å². The molecule has 1 aliphatic rings. The molecule has 3 aromatic rings. The number of hydrogen-bond acceptors (Lipinski definition) is 8. The first kappa shape index (κ1) is 18.9. The number of carboxylic acids is 1. The molecule has 0 radical (unpaired) electrons. The van der Waals surface area contributed by atoms with E-state index in [4.69, 9.17) is 0 Å². The largest absolute Gasteiger partial charge is 0.545 e. The monoisotopic (exact) mass is 428 g/mol. The van der Waals surface area contributed by atoms with Gasteiger partial charge in [0.2, 0.25) is 5.13 Å². The van der Waals surface area contributed by atoms with Gasteiger partial charge in [0.25, 0.3) is 0 Å². The maximum Gasteiger partial charge on any atom is 0.435 e. The van der Waals surface area contributed by atoms with Crippen LogP contribution in [-0.2, 0) is 25.6 Å². The van der Waals surface area contributed by atoms with Crippen LogP contribution < -0.4 is 10.4 Å². The van der Waals surface area contributed by atoms with Crippen molar-refractivity contribution in [3.63, 3.8) is 0 Å². The first-order valence-electron chi connectivity index (χ1n) is 8.37. The standard InChI is InChI=1S/C16H14F3N5O2S2/c17-16(18,19)10-5-6-24(23-10)7-11-21-22-15(28-11)20-13-12(14(25)26)8-3-1-2-4-9(8)27-13/h5-6H,1-4,7H2,(H,20,22)(H,25,26)/p-1. The Morgan fingerprint density at radius 2 is 2.04 bits per heavy atom. The number of nitrogens with one attached hydrogen (secondary N) is 1. The van der Waals surface area contributed by atoms with Gasteiger partial charge in [0.05, 0.1) is 12.5 Å². The lowest BCUT2D eigenvalue weighted by molar-refractivity contribution is -0.255. The van der Waals surface area contributed by atoms with Crippen LogP contribution in [0.4, 0.5) is 23.3 Å². The lowest BCUT2D eigenvalue weighted by Crippen LogP contribution is -2.24. The number of nitrogens with zero attached hydrogens (tertiary/aromatic N) is 4. The van der Waals surface area contributed by atoms with Gasteiger partial charge in [-0.05, 0) is 37.3 Å². The van der Waals surface area contributed by atoms with Gasteiger partial charge in [-0.2, -0.15) is 18.3 Å². The van der Waals surface area contributed by atoms with E-state index in [0.29, 0.717) is 21.6 Å². The third-order valence-corrected chi connectivity index (χ3v) is 6.32. The number of alkyl halides is 3. The van der Waals surface area contributed by atoms with Crippen LogP contribution in [0.5, 0.6) is 0 Å². The van der Waals surface area contributed by atoms with E-state index < -0.39 is 17.8 Å². The van der Waals surface area contributed by atoms with E-state index >= 15 is 0 Å². The molecule has 4 rings (SSSR count). The second kappa shape index (κ2) is 7.17. The zero-order valence-corrected chi connectivity index (χ0v) is 15.9. The fraction of sp³-hybridized carbons (Fsp3) is 0.375. The lowest BCUT2D eigenvalue weighted by atomic mass is 9.95. The highest BCUT2D eigenvalue weighted by atomic mass is 32.1. The number of rotatable bonds is 5. The molecule has 3 heterocycles. The fourth-order valence-electron chi connectivity index (χ4n) is 3.07. The van der Waals surface area contributed by atoms with Gasteiger partial charge in [-0.15, -0.1) is 21.5 Å². The summed E-state index contributed by atoms with van der Waals surface area (Å²) < 4.78 is 39.0. The zero-order chi connectivity index (χ0) is 19.9. The molecular weight excluding hydrogens is 415 g/mol. The second-order valence-electron chi connectivity index (χ2n) is 6.22. The Morgan fingerprint density at radius 3 is 2.75 bits per heavy atom. The Bertz CT molecular complexity index is 1020. The molecule has 28 heavy (non-hydrogen) atoms. The van der Waals surface area contributed by atoms with Gasteiger partial charge in [0.15, 0.2) is 5.69 Å². The topological polar surface area (TPSA) is 95.8 Å². The van der Waals surface area contributed by atoms with Crippen LogP contribution in [-0.4, -0.2) is 25.9 Å². The number of hydrogen-bond donors (Lipinski definition) is 1. The van der Waals surface area contributed by atoms with Crippen LogP contribution in [0.3, 0.4) is 0 Å². The average molecular weight is 428 g/mol. The highest BCUT2D eigenvalue weighted by Gasteiger charge is 2.33. The molecule has 0 amide bonds. The summed E-state index contributed by atoms with van der Waals surface area (Å²) in [5.41, 5.74) is 0.0104. The van der Waals surface area contributed by atoms with Crippen molar-refractivity contribution in [3.05, 3.63) is 39.0 Å². The normalized spacial score (nSPS) is 14.1. The average Bonchev–Trinajstić information content (AvgIpc) is 3.33. The van der Waals surface area contributed by atoms with Gasteiger partial charge < -0.3 is 15.2 Å². The molecule has 0 saturated heterocycles. The van der Waals surface area contributed by atoms with Gasteiger partial charge >= 0.3 is 6.18 Å². The lowest BCUT2D eigenvalue weighted by Gasteiger charge is -2.13. The maximum atomic E-state index is 12.6. The third-order valence-electron chi connectivity index (χ3n) is 4.29. The van der Waals surface area contributed by atoms with E-state index in [-0.39, 0.29) is 12.1 Å². The molecule has 0 spiro atoms. The summed E-state index contributed by atoms with van der Waals surface area (Å²) in [6.45, 7) is 0.0315. The smallest absolute Gasteiger partial charge is 0.435 e. The minimum Gasteiger partial charge on any atom is -0.545 e. The van der Waals surface area contributed by atoms with E-state index in [2.05, 4.69) is 20.6 Å². The predicted molar refractivity (Wildman–Crippen MR) is 94.8 cm³/mol. The van der Waals surface area contributed by atoms with Crippen molar-refractivity contribution in [2.75, 3.05) is 5.32 Å². The van der Waals surface area contributed by atoms with Crippen molar-refractivity contribution < 1.29 is 23.1 Å². The van der Waals surface area contributed by atoms with Crippen molar-refractivity contribution >= 4 is 38.8 Å². The molecule has 1 aliphatic carbocycles. The number of carbonyl (C=O) groups is 1. The summed E-state index contributed by atoms with van der Waals surface area (Å²) in [7, 11) is 0. The van der Waals surface area contributed by atoms with Gasteiger partial charge in [0.1, 0.15) is 10.0 Å². The number of aromatic nitrogens is 4. The molecule has 0 aliphatic heterocycles. The summed E-state index contributed by atoms with van der Waals surface area (Å²) in [6, 6.07) is 0.891. The van der Waals surface area contributed by atoms with Crippen molar-refractivity contribution in [3.8, 4) is 0 Å². The highest BCUT2D eigenvalue weighted by Crippen LogP contribution is 2.39. The van der Waals surface area contributed by atoms with Crippen molar-refractivity contribution in [2.24, 2.45) is 0 Å². The number of halogens is 3. The fourth-order valence-corrected chi connectivity index (χ4v) is 5.15. The molecule has 7 nitrogen and oxygen atoms in total. The summed E-state index contributed by atoms with van der Waals surface area (Å²) in [5, 5.41) is 27.2. The van der Waals surface area contributed by atoms with Gasteiger partial charge in [0, 0.05) is 16.6 Å². The quantitative estimate of drug-likeness (QED) is 0.671. The third kappa shape index (κ3) is 3.74. The van der Waals surface area contributed by atoms with Crippen LogP contribution in [0, 0.1) is 0 Å². The Labute approximate surface area is 164 Å². The molecule has 148 valence electrons. The first-order chi connectivity index (χ1) is 13.3. The van der Waals surface area contributed by atoms with Crippen LogP contribution in [0.2, 0.25) is 0 Å². The number of aryl methyl sites for hydroxylation is 1. The molecule has 0 saturated carbocycles. The molecule has 3 aromatic heterocycles. The molecule has 1 N–H and O–H groups in total. The molecule has 12 heteroatoms. The molecule has 0 unspecified atom stereocenters. The molecule has 0 bridgehead atoms. The minimum atomic E-state index is -4.50. The zero-order valence-electron chi connectivity index (χ0n) is 14.2. The molecular formula is C16H13F3N5O2S2-. The summed E-state index contributed by atoms with van der Waals surface area (Å²) in [6.07, 6.45) is 0.225. The van der Waals surface area contributed by atoms with Crippen molar-refractivity contribution in [1.29, 1.82) is 0 Å². The second-order valence-corrected chi connectivity index (χ2v) is 8.39. The van der Waals surface area contributed by atoms with E-state index in [1.54, 1.807) is 0 Å². The Balaban J connectivity index is 1.52. The molecule has 0 atom stereocenters. The van der Waals surface area contributed by atoms with E-state index in [1.165, 1.54) is 17.5 Å². The minimum absolute atomic E-state index is 0.0315. The number of anilines is 2.